The molecule has 0 bridgehead atoms. The van der Waals surface area contributed by atoms with E-state index in [0.717, 1.165) is 11.6 Å². The Morgan fingerprint density at radius 1 is 1.44 bits per heavy atom. The highest BCUT2D eigenvalue weighted by Crippen LogP contribution is 2.21. The van der Waals surface area contributed by atoms with Gasteiger partial charge < -0.3 is 4.90 Å². The Morgan fingerprint density at radius 3 is 2.67 bits per heavy atom. The van der Waals surface area contributed by atoms with E-state index in [-0.39, 0.29) is 18.0 Å². The molecule has 1 N–H and O–H groups in total. The van der Waals surface area contributed by atoms with E-state index < -0.39 is 0 Å². The Labute approximate surface area is 113 Å². The molecule has 0 radical (unpaired) electrons. The van der Waals surface area contributed by atoms with E-state index in [4.69, 9.17) is 0 Å². The predicted molar refractivity (Wildman–Crippen MR) is 76.6 cm³/mol. The minimum absolute atomic E-state index is 0.0205. The largest absolute Gasteiger partial charge is 0.338 e. The molecule has 2 unspecified atom stereocenters. The van der Waals surface area contributed by atoms with Crippen LogP contribution in [0.1, 0.15) is 24.1 Å². The van der Waals surface area contributed by atoms with Crippen LogP contribution in [0.3, 0.4) is 0 Å². The van der Waals surface area contributed by atoms with Crippen LogP contribution in [-0.2, 0) is 4.79 Å². The molecule has 3 nitrogen and oxygen atoms in total. The van der Waals surface area contributed by atoms with Gasteiger partial charge in [0.2, 0.25) is 5.91 Å². The summed E-state index contributed by atoms with van der Waals surface area (Å²) in [4.78, 5) is 14.1. The molecular weight excluding hydrogens is 244 g/mol. The van der Waals surface area contributed by atoms with Gasteiger partial charge in [0.25, 0.3) is 0 Å². The molecule has 1 aliphatic rings. The summed E-state index contributed by atoms with van der Waals surface area (Å²) in [7, 11) is 1.89. The number of hydrogen-bond acceptors (Lipinski definition) is 3. The number of carbonyl (C=O) groups is 1. The van der Waals surface area contributed by atoms with E-state index in [1.54, 1.807) is 11.8 Å². The SMILES string of the molecule is Cc1ccc(C(C)N(C)C(=O)C2CSCN2)cc1. The third kappa shape index (κ3) is 2.87. The fraction of sp³-hybridized carbons (Fsp3) is 0.500. The Balaban J connectivity index is 2.05. The number of hydrogen-bond donors (Lipinski definition) is 1. The summed E-state index contributed by atoms with van der Waals surface area (Å²) in [5, 5.41) is 3.22. The van der Waals surface area contributed by atoms with Crippen molar-refractivity contribution in [1.29, 1.82) is 0 Å². The van der Waals surface area contributed by atoms with Crippen LogP contribution in [0.2, 0.25) is 0 Å². The van der Waals surface area contributed by atoms with Crippen LogP contribution >= 0.6 is 11.8 Å². The standard InChI is InChI=1S/C14H20N2OS/c1-10-4-6-12(7-5-10)11(2)16(3)14(17)13-8-18-9-15-13/h4-7,11,13,15H,8-9H2,1-3H3. The first-order chi connectivity index (χ1) is 8.59. The molecule has 1 amide bonds. The Hall–Kier alpha value is -1.00. The van der Waals surface area contributed by atoms with E-state index in [0.29, 0.717) is 0 Å². The summed E-state index contributed by atoms with van der Waals surface area (Å²) in [5.74, 6) is 1.94. The molecule has 0 aromatic heterocycles. The van der Waals surface area contributed by atoms with Crippen LogP contribution < -0.4 is 5.32 Å². The van der Waals surface area contributed by atoms with Gasteiger partial charge in [0.1, 0.15) is 0 Å². The van der Waals surface area contributed by atoms with Crippen LogP contribution in [0.4, 0.5) is 0 Å². The number of benzene rings is 1. The minimum Gasteiger partial charge on any atom is -0.338 e. The highest BCUT2D eigenvalue weighted by Gasteiger charge is 2.28. The maximum atomic E-state index is 12.3. The fourth-order valence-corrected chi connectivity index (χ4v) is 2.99. The molecular formula is C14H20N2OS. The zero-order chi connectivity index (χ0) is 13.1. The lowest BCUT2D eigenvalue weighted by Gasteiger charge is -2.27. The number of rotatable bonds is 3. The molecule has 98 valence electrons. The summed E-state index contributed by atoms with van der Waals surface area (Å²) >= 11 is 1.78. The van der Waals surface area contributed by atoms with Crippen molar-refractivity contribution in [3.63, 3.8) is 0 Å². The average molecular weight is 264 g/mol. The molecule has 0 aliphatic carbocycles. The third-order valence-electron chi connectivity index (χ3n) is 3.50. The van der Waals surface area contributed by atoms with Gasteiger partial charge in [-0.05, 0) is 19.4 Å². The maximum absolute atomic E-state index is 12.3. The summed E-state index contributed by atoms with van der Waals surface area (Å²) in [6, 6.07) is 8.47. The van der Waals surface area contributed by atoms with Crippen LogP contribution in [-0.4, -0.2) is 35.5 Å². The van der Waals surface area contributed by atoms with Gasteiger partial charge in [-0.25, -0.2) is 0 Å². The highest BCUT2D eigenvalue weighted by atomic mass is 32.2. The number of nitrogens with one attached hydrogen (secondary N) is 1. The molecule has 1 heterocycles. The fourth-order valence-electron chi connectivity index (χ4n) is 2.06. The van der Waals surface area contributed by atoms with Crippen molar-refractivity contribution in [2.45, 2.75) is 25.9 Å². The topological polar surface area (TPSA) is 32.3 Å². The van der Waals surface area contributed by atoms with Crippen LogP contribution in [0.15, 0.2) is 24.3 Å². The number of thioether (sulfide) groups is 1. The summed E-state index contributed by atoms with van der Waals surface area (Å²) in [5.41, 5.74) is 2.43. The zero-order valence-electron chi connectivity index (χ0n) is 11.1. The Bertz CT molecular complexity index is 412. The van der Waals surface area contributed by atoms with Crippen LogP contribution in [0.5, 0.6) is 0 Å². The quantitative estimate of drug-likeness (QED) is 0.908. The summed E-state index contributed by atoms with van der Waals surface area (Å²) in [6.07, 6.45) is 0. The molecule has 18 heavy (non-hydrogen) atoms. The Morgan fingerprint density at radius 2 is 2.11 bits per heavy atom. The van der Waals surface area contributed by atoms with Gasteiger partial charge in [0.15, 0.2) is 0 Å². The molecule has 2 atom stereocenters. The first-order valence-electron chi connectivity index (χ1n) is 6.24. The van der Waals surface area contributed by atoms with E-state index >= 15 is 0 Å². The van der Waals surface area contributed by atoms with Gasteiger partial charge in [-0.1, -0.05) is 29.8 Å². The molecule has 2 rings (SSSR count). The smallest absolute Gasteiger partial charge is 0.240 e. The highest BCUT2D eigenvalue weighted by molar-refractivity contribution is 7.99. The molecule has 1 aliphatic heterocycles. The molecule has 1 aromatic rings. The average Bonchev–Trinajstić information content (AvgIpc) is 2.91. The van der Waals surface area contributed by atoms with Crippen molar-refractivity contribution in [3.8, 4) is 0 Å². The molecule has 1 aromatic carbocycles. The molecule has 1 fully saturated rings. The lowest BCUT2D eigenvalue weighted by Crippen LogP contribution is -2.44. The van der Waals surface area contributed by atoms with Crippen molar-refractivity contribution in [1.82, 2.24) is 10.2 Å². The minimum atomic E-state index is -0.0205. The zero-order valence-corrected chi connectivity index (χ0v) is 12.0. The van der Waals surface area contributed by atoms with Gasteiger partial charge >= 0.3 is 0 Å². The van der Waals surface area contributed by atoms with Crippen molar-refractivity contribution in [3.05, 3.63) is 35.4 Å². The second kappa shape index (κ2) is 5.76. The maximum Gasteiger partial charge on any atom is 0.240 e. The summed E-state index contributed by atoms with van der Waals surface area (Å²) < 4.78 is 0. The lowest BCUT2D eigenvalue weighted by molar-refractivity contribution is -0.133. The van der Waals surface area contributed by atoms with Gasteiger partial charge in [-0.2, -0.15) is 0 Å². The Kier molecular flexibility index (Phi) is 4.30. The number of likely N-dealkylation sites (N-methyl/N-ethyl adjacent to an activating group) is 1. The van der Waals surface area contributed by atoms with Gasteiger partial charge in [-0.3, -0.25) is 10.1 Å². The number of carbonyl (C=O) groups excluding carboxylic acids is 1. The second-order valence-corrected chi connectivity index (χ2v) is 5.84. The molecule has 1 saturated heterocycles. The number of nitrogens with zero attached hydrogens (tertiary/aromatic N) is 1. The van der Waals surface area contributed by atoms with Crippen molar-refractivity contribution in [2.75, 3.05) is 18.7 Å². The van der Waals surface area contributed by atoms with Crippen LogP contribution in [0, 0.1) is 6.92 Å². The predicted octanol–water partition coefficient (Wildman–Crippen LogP) is 2.18. The monoisotopic (exact) mass is 264 g/mol. The molecule has 4 heteroatoms. The van der Waals surface area contributed by atoms with E-state index in [2.05, 4.69) is 43.4 Å². The van der Waals surface area contributed by atoms with Crippen molar-refractivity contribution >= 4 is 17.7 Å². The summed E-state index contributed by atoms with van der Waals surface area (Å²) in [6.45, 7) is 4.15. The number of aryl methyl sites for hydroxylation is 1. The second-order valence-electron chi connectivity index (χ2n) is 4.81. The van der Waals surface area contributed by atoms with Crippen molar-refractivity contribution < 1.29 is 4.79 Å². The van der Waals surface area contributed by atoms with E-state index in [1.807, 2.05) is 11.9 Å². The van der Waals surface area contributed by atoms with E-state index in [1.165, 1.54) is 11.1 Å². The molecule has 0 saturated carbocycles. The van der Waals surface area contributed by atoms with Crippen molar-refractivity contribution in [2.24, 2.45) is 0 Å². The molecule has 0 spiro atoms. The van der Waals surface area contributed by atoms with Gasteiger partial charge in [0.05, 0.1) is 12.1 Å². The number of amides is 1. The third-order valence-corrected chi connectivity index (χ3v) is 4.44. The van der Waals surface area contributed by atoms with E-state index in [9.17, 15) is 4.79 Å². The first kappa shape index (κ1) is 13.4. The van der Waals surface area contributed by atoms with Gasteiger partial charge in [-0.15, -0.1) is 11.8 Å². The van der Waals surface area contributed by atoms with Crippen LogP contribution in [0.25, 0.3) is 0 Å². The normalized spacial score (nSPS) is 20.7. The van der Waals surface area contributed by atoms with Gasteiger partial charge in [0, 0.05) is 18.7 Å². The lowest BCUT2D eigenvalue weighted by atomic mass is 10.0. The first-order valence-corrected chi connectivity index (χ1v) is 7.39.